The van der Waals surface area contributed by atoms with Crippen molar-refractivity contribution in [2.24, 2.45) is 0 Å². The highest BCUT2D eigenvalue weighted by Gasteiger charge is 2.59. The third-order valence-electron chi connectivity index (χ3n) is 5.94. The second-order valence-electron chi connectivity index (χ2n) is 9.77. The lowest BCUT2D eigenvalue weighted by Crippen LogP contribution is -2.28. The zero-order chi connectivity index (χ0) is 20.1. The molecule has 3 saturated heterocycles. The molecule has 0 radical (unpaired) electrons. The van der Waals surface area contributed by atoms with Crippen LogP contribution in [0.1, 0.15) is 67.2 Å². The maximum absolute atomic E-state index is 11.7. The van der Waals surface area contributed by atoms with Gasteiger partial charge in [0.05, 0.1) is 30.0 Å². The molecule has 3 fully saturated rings. The van der Waals surface area contributed by atoms with Crippen LogP contribution in [0.4, 0.5) is 4.79 Å². The zero-order valence-corrected chi connectivity index (χ0v) is 17.4. The molecule has 0 aromatic rings. The first-order valence-corrected chi connectivity index (χ1v) is 9.89. The fraction of sp³-hybridized carbons (Fsp3) is 0.950. The van der Waals surface area contributed by atoms with Gasteiger partial charge < -0.3 is 28.8 Å². The normalized spacial score (nSPS) is 42.6. The van der Waals surface area contributed by atoms with E-state index in [0.717, 1.165) is 25.7 Å². The van der Waals surface area contributed by atoms with Gasteiger partial charge in [-0.1, -0.05) is 0 Å². The van der Waals surface area contributed by atoms with E-state index in [2.05, 4.69) is 6.92 Å². The van der Waals surface area contributed by atoms with Gasteiger partial charge in [0.2, 0.25) is 0 Å². The maximum Gasteiger partial charge on any atom is 0.508 e. The molecule has 3 aliphatic heterocycles. The van der Waals surface area contributed by atoms with Crippen molar-refractivity contribution in [2.75, 3.05) is 13.2 Å². The van der Waals surface area contributed by atoms with Gasteiger partial charge in [-0.05, 0) is 67.2 Å². The Labute approximate surface area is 161 Å². The number of aliphatic hydroxyl groups excluding tert-OH is 1. The average Bonchev–Trinajstić information content (AvgIpc) is 3.47. The van der Waals surface area contributed by atoms with Crippen molar-refractivity contribution in [3.05, 3.63) is 0 Å². The molecule has 6 atom stereocenters. The van der Waals surface area contributed by atoms with Crippen LogP contribution in [0.3, 0.4) is 0 Å². The third kappa shape index (κ3) is 5.13. The molecule has 0 amide bonds. The molecular weight excluding hydrogens is 352 g/mol. The largest absolute Gasteiger partial charge is 0.508 e. The Morgan fingerprint density at radius 3 is 1.93 bits per heavy atom. The van der Waals surface area contributed by atoms with E-state index in [1.165, 1.54) is 0 Å². The molecule has 0 aromatic heterocycles. The number of ether oxygens (including phenoxy) is 5. The van der Waals surface area contributed by atoms with E-state index in [9.17, 15) is 4.79 Å². The van der Waals surface area contributed by atoms with Gasteiger partial charge in [0.25, 0.3) is 0 Å². The Hall–Kier alpha value is -0.890. The number of carbonyl (C=O) groups is 1. The van der Waals surface area contributed by atoms with E-state index in [1.807, 2.05) is 13.8 Å². The lowest BCUT2D eigenvalue weighted by Gasteiger charge is -2.19. The molecule has 1 N–H and O–H groups in total. The third-order valence-corrected chi connectivity index (χ3v) is 5.94. The summed E-state index contributed by atoms with van der Waals surface area (Å²) in [5.74, 6) is 0. The van der Waals surface area contributed by atoms with Gasteiger partial charge in [-0.2, -0.15) is 0 Å². The molecule has 0 aliphatic carbocycles. The molecule has 7 nitrogen and oxygen atoms in total. The fourth-order valence-corrected chi connectivity index (χ4v) is 3.72. The Kier molecular flexibility index (Phi) is 5.30. The number of epoxide rings is 3. The SMILES string of the molecule is CC(C)(C)OC(=O)OC[C@@]1(C)O[C@@H]1CC[C@@]1(C)O[C@@H]1CC[C@@]1(C)O[C@@H]1CO. The van der Waals surface area contributed by atoms with E-state index in [0.29, 0.717) is 0 Å². The fourth-order valence-electron chi connectivity index (χ4n) is 3.72. The van der Waals surface area contributed by atoms with E-state index in [1.54, 1.807) is 20.8 Å². The van der Waals surface area contributed by atoms with Gasteiger partial charge in [0, 0.05) is 0 Å². The van der Waals surface area contributed by atoms with Crippen molar-refractivity contribution >= 4 is 6.16 Å². The molecular formula is C20H34O7. The van der Waals surface area contributed by atoms with Crippen molar-refractivity contribution < 1.29 is 33.6 Å². The van der Waals surface area contributed by atoms with Crippen LogP contribution in [0.25, 0.3) is 0 Å². The van der Waals surface area contributed by atoms with Crippen LogP contribution in [0, 0.1) is 0 Å². The lowest BCUT2D eigenvalue weighted by molar-refractivity contribution is -0.0150. The maximum atomic E-state index is 11.7. The van der Waals surface area contributed by atoms with E-state index < -0.39 is 17.4 Å². The molecule has 0 spiro atoms. The number of carbonyl (C=O) groups excluding carboxylic acids is 1. The molecule has 156 valence electrons. The van der Waals surface area contributed by atoms with Gasteiger partial charge >= 0.3 is 6.16 Å². The first-order chi connectivity index (χ1) is 12.4. The Morgan fingerprint density at radius 2 is 1.41 bits per heavy atom. The first-order valence-electron chi connectivity index (χ1n) is 9.89. The highest BCUT2D eigenvalue weighted by atomic mass is 16.7. The Bertz CT molecular complexity index is 573. The van der Waals surface area contributed by atoms with E-state index in [4.69, 9.17) is 28.8 Å². The molecule has 3 rings (SSSR count). The minimum absolute atomic E-state index is 0.0203. The van der Waals surface area contributed by atoms with Crippen LogP contribution in [-0.4, -0.2) is 65.2 Å². The summed E-state index contributed by atoms with van der Waals surface area (Å²) in [4.78, 5) is 11.7. The Morgan fingerprint density at radius 1 is 0.926 bits per heavy atom. The Balaban J connectivity index is 1.31. The topological polar surface area (TPSA) is 93.4 Å². The number of hydrogen-bond donors (Lipinski definition) is 1. The summed E-state index contributed by atoms with van der Waals surface area (Å²) in [7, 11) is 0. The number of hydrogen-bond acceptors (Lipinski definition) is 7. The lowest BCUT2D eigenvalue weighted by atomic mass is 9.92. The smallest absolute Gasteiger partial charge is 0.431 e. The van der Waals surface area contributed by atoms with Crippen molar-refractivity contribution in [2.45, 2.75) is 108 Å². The summed E-state index contributed by atoms with van der Waals surface area (Å²) in [6.07, 6.45) is 3.25. The predicted molar refractivity (Wildman–Crippen MR) is 97.6 cm³/mol. The minimum Gasteiger partial charge on any atom is -0.431 e. The highest BCUT2D eigenvalue weighted by molar-refractivity contribution is 5.60. The van der Waals surface area contributed by atoms with Gasteiger partial charge in [-0.3, -0.25) is 0 Å². The second-order valence-corrected chi connectivity index (χ2v) is 9.77. The molecule has 0 saturated carbocycles. The molecule has 0 unspecified atom stereocenters. The number of rotatable bonds is 9. The van der Waals surface area contributed by atoms with Crippen molar-refractivity contribution in [1.82, 2.24) is 0 Å². The monoisotopic (exact) mass is 386 g/mol. The van der Waals surface area contributed by atoms with Crippen molar-refractivity contribution in [3.8, 4) is 0 Å². The average molecular weight is 386 g/mol. The highest BCUT2D eigenvalue weighted by Crippen LogP contribution is 2.49. The molecule has 0 bridgehead atoms. The summed E-state index contributed by atoms with van der Waals surface area (Å²) in [6.45, 7) is 11.8. The van der Waals surface area contributed by atoms with Crippen LogP contribution in [0.2, 0.25) is 0 Å². The van der Waals surface area contributed by atoms with Crippen LogP contribution in [-0.2, 0) is 23.7 Å². The van der Waals surface area contributed by atoms with Gasteiger partial charge in [0.15, 0.2) is 0 Å². The standard InChI is InChI=1S/C20H34O7/c1-17(2,3)27-16(22)23-12-20(6)14(25-20)8-9-18(4)13(24-18)7-10-19(5)15(11-21)26-19/h13-15,21H,7-12H2,1-6H3/t13-,14-,15-,18-,19-,20-/m1/s1. The van der Waals surface area contributed by atoms with Crippen LogP contribution in [0.15, 0.2) is 0 Å². The van der Waals surface area contributed by atoms with Gasteiger partial charge in [-0.25, -0.2) is 4.79 Å². The summed E-state index contributed by atoms with van der Waals surface area (Å²) in [5, 5.41) is 9.15. The van der Waals surface area contributed by atoms with Crippen molar-refractivity contribution in [1.29, 1.82) is 0 Å². The first kappa shape index (κ1) is 20.8. The van der Waals surface area contributed by atoms with E-state index >= 15 is 0 Å². The zero-order valence-electron chi connectivity index (χ0n) is 17.4. The molecule has 7 heteroatoms. The molecule has 3 heterocycles. The number of aliphatic hydroxyl groups is 1. The second kappa shape index (κ2) is 6.87. The molecule has 0 aromatic carbocycles. The van der Waals surface area contributed by atoms with Crippen LogP contribution >= 0.6 is 0 Å². The van der Waals surface area contributed by atoms with E-state index in [-0.39, 0.29) is 42.7 Å². The quantitative estimate of drug-likeness (QED) is 0.481. The van der Waals surface area contributed by atoms with Gasteiger partial charge in [-0.15, -0.1) is 0 Å². The summed E-state index contributed by atoms with van der Waals surface area (Å²) >= 11 is 0. The predicted octanol–water partition coefficient (Wildman–Crippen LogP) is 2.96. The summed E-state index contributed by atoms with van der Waals surface area (Å²) < 4.78 is 27.6. The van der Waals surface area contributed by atoms with Crippen LogP contribution in [0.5, 0.6) is 0 Å². The van der Waals surface area contributed by atoms with Crippen LogP contribution < -0.4 is 0 Å². The molecule has 27 heavy (non-hydrogen) atoms. The van der Waals surface area contributed by atoms with Gasteiger partial charge in [0.1, 0.15) is 23.9 Å². The molecule has 3 aliphatic rings. The minimum atomic E-state index is -0.660. The summed E-state index contributed by atoms with van der Waals surface area (Å²) in [6, 6.07) is 0. The summed E-state index contributed by atoms with van der Waals surface area (Å²) in [5.41, 5.74) is -1.28. The van der Waals surface area contributed by atoms with Crippen molar-refractivity contribution in [3.63, 3.8) is 0 Å².